The summed E-state index contributed by atoms with van der Waals surface area (Å²) in [6, 6.07) is 9.26. The molecule has 0 heterocycles. The van der Waals surface area contributed by atoms with Crippen molar-refractivity contribution in [3.8, 4) is 0 Å². The third-order valence-corrected chi connectivity index (χ3v) is 2.65. The molecule has 1 atom stereocenters. The lowest BCUT2D eigenvalue weighted by atomic mass is 10.1. The molecule has 0 saturated carbocycles. The van der Waals surface area contributed by atoms with Crippen molar-refractivity contribution in [2.24, 2.45) is 10.7 Å². The molecule has 1 unspecified atom stereocenters. The van der Waals surface area contributed by atoms with Gasteiger partial charge in [-0.15, -0.1) is 0 Å². The molecule has 0 aromatic heterocycles. The van der Waals surface area contributed by atoms with Crippen molar-refractivity contribution in [2.75, 3.05) is 6.54 Å². The standard InChI is InChI=1S/C15H20N2O2/c16-14(15(18)19)10-4-5-11-17-12-6-9-13-7-2-1-3-8-13/h1-3,6-9,12,14H,4-5,10-11,16H2,(H,18,19). The minimum Gasteiger partial charge on any atom is -0.480 e. The zero-order valence-electron chi connectivity index (χ0n) is 10.9. The Kier molecular flexibility index (Phi) is 7.20. The normalized spacial score (nSPS) is 13.1. The molecule has 0 radical (unpaired) electrons. The number of nitrogens with two attached hydrogens (primary N) is 1. The van der Waals surface area contributed by atoms with E-state index in [-0.39, 0.29) is 0 Å². The van der Waals surface area contributed by atoms with Crippen molar-refractivity contribution in [2.45, 2.75) is 25.3 Å². The van der Waals surface area contributed by atoms with E-state index in [0.29, 0.717) is 13.0 Å². The molecule has 0 bridgehead atoms. The van der Waals surface area contributed by atoms with Crippen LogP contribution in [-0.4, -0.2) is 29.9 Å². The van der Waals surface area contributed by atoms with Crippen LogP contribution in [0.25, 0.3) is 6.08 Å². The van der Waals surface area contributed by atoms with Gasteiger partial charge in [0, 0.05) is 12.8 Å². The van der Waals surface area contributed by atoms with Crippen molar-refractivity contribution in [1.29, 1.82) is 0 Å². The number of carbonyl (C=O) groups is 1. The largest absolute Gasteiger partial charge is 0.480 e. The number of rotatable bonds is 8. The molecule has 0 aliphatic heterocycles. The highest BCUT2D eigenvalue weighted by Gasteiger charge is 2.09. The topological polar surface area (TPSA) is 75.7 Å². The number of carboxylic acid groups (broad SMARTS) is 1. The summed E-state index contributed by atoms with van der Waals surface area (Å²) >= 11 is 0. The van der Waals surface area contributed by atoms with Crippen LogP contribution in [0.3, 0.4) is 0 Å². The van der Waals surface area contributed by atoms with E-state index in [2.05, 4.69) is 4.99 Å². The molecule has 4 heteroatoms. The van der Waals surface area contributed by atoms with Crippen LogP contribution in [0.2, 0.25) is 0 Å². The number of hydrogen-bond acceptors (Lipinski definition) is 3. The second kappa shape index (κ2) is 9.05. The number of aliphatic imine (C=N–C) groups is 1. The molecular formula is C15H20N2O2. The fourth-order valence-electron chi connectivity index (χ4n) is 1.54. The lowest BCUT2D eigenvalue weighted by Gasteiger charge is -2.03. The van der Waals surface area contributed by atoms with Gasteiger partial charge < -0.3 is 10.8 Å². The van der Waals surface area contributed by atoms with Gasteiger partial charge in [0.2, 0.25) is 0 Å². The molecule has 0 aliphatic carbocycles. The number of hydrogen-bond donors (Lipinski definition) is 2. The highest BCUT2D eigenvalue weighted by atomic mass is 16.4. The fourth-order valence-corrected chi connectivity index (χ4v) is 1.54. The van der Waals surface area contributed by atoms with Crippen molar-refractivity contribution < 1.29 is 9.90 Å². The summed E-state index contributed by atoms with van der Waals surface area (Å²) in [7, 11) is 0. The molecule has 0 spiro atoms. The first-order valence-electron chi connectivity index (χ1n) is 6.40. The second-order valence-corrected chi connectivity index (χ2v) is 4.27. The van der Waals surface area contributed by atoms with Gasteiger partial charge >= 0.3 is 5.97 Å². The number of aliphatic carboxylic acids is 1. The summed E-state index contributed by atoms with van der Waals surface area (Å²) in [5.74, 6) is -0.936. The summed E-state index contributed by atoms with van der Waals surface area (Å²) in [5.41, 5.74) is 6.53. The highest BCUT2D eigenvalue weighted by molar-refractivity contribution is 5.78. The van der Waals surface area contributed by atoms with E-state index in [1.54, 1.807) is 6.21 Å². The molecular weight excluding hydrogens is 240 g/mol. The predicted octanol–water partition coefficient (Wildman–Crippen LogP) is 2.35. The molecule has 0 amide bonds. The van der Waals surface area contributed by atoms with E-state index in [4.69, 9.17) is 10.8 Å². The fraction of sp³-hybridized carbons (Fsp3) is 0.333. The summed E-state index contributed by atoms with van der Waals surface area (Å²) in [4.78, 5) is 14.7. The monoisotopic (exact) mass is 260 g/mol. The maximum absolute atomic E-state index is 10.5. The summed E-state index contributed by atoms with van der Waals surface area (Å²) in [5, 5.41) is 8.60. The zero-order chi connectivity index (χ0) is 13.9. The quantitative estimate of drug-likeness (QED) is 0.556. The summed E-state index contributed by atoms with van der Waals surface area (Å²) in [6.07, 6.45) is 7.81. The molecule has 1 aromatic carbocycles. The average Bonchev–Trinajstić information content (AvgIpc) is 2.42. The third-order valence-electron chi connectivity index (χ3n) is 2.65. The molecule has 0 saturated heterocycles. The van der Waals surface area contributed by atoms with Gasteiger partial charge in [-0.05, 0) is 30.9 Å². The number of nitrogens with zero attached hydrogens (tertiary/aromatic N) is 1. The first-order chi connectivity index (χ1) is 9.20. The molecule has 102 valence electrons. The maximum atomic E-state index is 10.5. The average molecular weight is 260 g/mol. The van der Waals surface area contributed by atoms with E-state index in [1.165, 1.54) is 0 Å². The summed E-state index contributed by atoms with van der Waals surface area (Å²) in [6.45, 7) is 0.700. The molecule has 1 aromatic rings. The van der Waals surface area contributed by atoms with Gasteiger partial charge in [-0.2, -0.15) is 0 Å². The minimum atomic E-state index is -0.936. The Morgan fingerprint density at radius 2 is 2.05 bits per heavy atom. The van der Waals surface area contributed by atoms with Crippen LogP contribution in [0.1, 0.15) is 24.8 Å². The van der Waals surface area contributed by atoms with Crippen molar-refractivity contribution >= 4 is 18.3 Å². The van der Waals surface area contributed by atoms with E-state index in [1.807, 2.05) is 42.5 Å². The van der Waals surface area contributed by atoms with Gasteiger partial charge in [-0.1, -0.05) is 36.4 Å². The number of benzene rings is 1. The lowest BCUT2D eigenvalue weighted by Crippen LogP contribution is -2.29. The van der Waals surface area contributed by atoms with E-state index in [9.17, 15) is 4.79 Å². The number of carboxylic acids is 1. The van der Waals surface area contributed by atoms with Gasteiger partial charge in [-0.25, -0.2) is 0 Å². The smallest absolute Gasteiger partial charge is 0.320 e. The van der Waals surface area contributed by atoms with Crippen LogP contribution < -0.4 is 5.73 Å². The van der Waals surface area contributed by atoms with E-state index in [0.717, 1.165) is 18.4 Å². The Morgan fingerprint density at radius 3 is 2.74 bits per heavy atom. The van der Waals surface area contributed by atoms with Crippen molar-refractivity contribution in [3.63, 3.8) is 0 Å². The second-order valence-electron chi connectivity index (χ2n) is 4.27. The van der Waals surface area contributed by atoms with Gasteiger partial charge in [0.25, 0.3) is 0 Å². The molecule has 0 aliphatic rings. The third kappa shape index (κ3) is 7.16. The van der Waals surface area contributed by atoms with Gasteiger partial charge in [0.1, 0.15) is 6.04 Å². The van der Waals surface area contributed by atoms with Gasteiger partial charge in [-0.3, -0.25) is 9.79 Å². The Bertz CT molecular complexity index is 427. The van der Waals surface area contributed by atoms with Crippen molar-refractivity contribution in [1.82, 2.24) is 0 Å². The van der Waals surface area contributed by atoms with Crippen LogP contribution in [0.5, 0.6) is 0 Å². The number of unbranched alkanes of at least 4 members (excludes halogenated alkanes) is 1. The summed E-state index contributed by atoms with van der Waals surface area (Å²) < 4.78 is 0. The minimum absolute atomic E-state index is 0.505. The predicted molar refractivity (Wildman–Crippen MR) is 78.3 cm³/mol. The Hall–Kier alpha value is -1.94. The van der Waals surface area contributed by atoms with Crippen LogP contribution in [-0.2, 0) is 4.79 Å². The Balaban J connectivity index is 2.11. The number of allylic oxidation sites excluding steroid dienone is 1. The molecule has 19 heavy (non-hydrogen) atoms. The SMILES string of the molecule is NC(CCCCN=CC=Cc1ccccc1)C(=O)O. The van der Waals surface area contributed by atoms with Crippen LogP contribution in [0.4, 0.5) is 0 Å². The van der Waals surface area contributed by atoms with Crippen LogP contribution >= 0.6 is 0 Å². The highest BCUT2D eigenvalue weighted by Crippen LogP contribution is 2.01. The maximum Gasteiger partial charge on any atom is 0.320 e. The zero-order valence-corrected chi connectivity index (χ0v) is 10.9. The first-order valence-corrected chi connectivity index (χ1v) is 6.40. The van der Waals surface area contributed by atoms with E-state index < -0.39 is 12.0 Å². The molecule has 3 N–H and O–H groups in total. The van der Waals surface area contributed by atoms with Gasteiger partial charge in [0.05, 0.1) is 0 Å². The molecule has 0 fully saturated rings. The van der Waals surface area contributed by atoms with Crippen LogP contribution in [0.15, 0.2) is 41.4 Å². The first kappa shape index (κ1) is 15.1. The molecule has 4 nitrogen and oxygen atoms in total. The van der Waals surface area contributed by atoms with Crippen molar-refractivity contribution in [3.05, 3.63) is 42.0 Å². The van der Waals surface area contributed by atoms with Crippen LogP contribution in [0, 0.1) is 0 Å². The lowest BCUT2D eigenvalue weighted by molar-refractivity contribution is -0.138. The van der Waals surface area contributed by atoms with E-state index >= 15 is 0 Å². The molecule has 1 rings (SSSR count). The van der Waals surface area contributed by atoms with Gasteiger partial charge in [0.15, 0.2) is 0 Å². The Morgan fingerprint density at radius 1 is 1.32 bits per heavy atom. The Labute approximate surface area is 113 Å².